The molecule has 13 heavy (non-hydrogen) atoms. The van der Waals surface area contributed by atoms with Crippen LogP contribution < -0.4 is 5.32 Å². The van der Waals surface area contributed by atoms with E-state index in [1.54, 1.807) is 0 Å². The Kier molecular flexibility index (Phi) is 2.69. The topological polar surface area (TPSA) is 17.0 Å². The van der Waals surface area contributed by atoms with E-state index < -0.39 is 0 Å². The molecule has 0 atom stereocenters. The molecule has 0 aliphatic heterocycles. The van der Waals surface area contributed by atoms with Gasteiger partial charge in [0.2, 0.25) is 0 Å². The minimum Gasteiger partial charge on any atom is -0.354 e. The molecule has 0 bridgehead atoms. The van der Waals surface area contributed by atoms with E-state index in [4.69, 9.17) is 0 Å². The molecule has 1 fully saturated rings. The fourth-order valence-corrected chi connectivity index (χ4v) is 1.67. The maximum Gasteiger partial charge on any atom is 0.0223 e. The van der Waals surface area contributed by atoms with Crippen LogP contribution >= 0.6 is 0 Å². The molecule has 2 nitrogen and oxygen atoms in total. The van der Waals surface area contributed by atoms with Crippen molar-refractivity contribution < 1.29 is 0 Å². The monoisotopic (exact) mass is 178 g/mol. The number of aryl methyl sites for hydroxylation is 1. The SMILES string of the molecule is CCn1ccc(CNC2CCC2)c1. The number of rotatable bonds is 4. The minimum atomic E-state index is 0.796. The van der Waals surface area contributed by atoms with Gasteiger partial charge < -0.3 is 9.88 Å². The van der Waals surface area contributed by atoms with Crippen LogP contribution in [0.5, 0.6) is 0 Å². The Morgan fingerprint density at radius 1 is 1.54 bits per heavy atom. The van der Waals surface area contributed by atoms with Gasteiger partial charge in [-0.3, -0.25) is 0 Å². The van der Waals surface area contributed by atoms with Crippen molar-refractivity contribution in [1.29, 1.82) is 0 Å². The van der Waals surface area contributed by atoms with Gasteiger partial charge in [-0.1, -0.05) is 6.42 Å². The van der Waals surface area contributed by atoms with Crippen molar-refractivity contribution >= 4 is 0 Å². The average molecular weight is 178 g/mol. The van der Waals surface area contributed by atoms with E-state index in [1.165, 1.54) is 24.8 Å². The summed E-state index contributed by atoms with van der Waals surface area (Å²) in [6.07, 6.45) is 8.53. The third kappa shape index (κ3) is 2.13. The van der Waals surface area contributed by atoms with Crippen LogP contribution in [0.2, 0.25) is 0 Å². The zero-order valence-corrected chi connectivity index (χ0v) is 8.29. The summed E-state index contributed by atoms with van der Waals surface area (Å²) in [7, 11) is 0. The smallest absolute Gasteiger partial charge is 0.0223 e. The summed E-state index contributed by atoms with van der Waals surface area (Å²) in [6, 6.07) is 3.00. The molecular weight excluding hydrogens is 160 g/mol. The molecule has 72 valence electrons. The molecule has 0 unspecified atom stereocenters. The van der Waals surface area contributed by atoms with E-state index in [0.717, 1.165) is 19.1 Å². The zero-order chi connectivity index (χ0) is 9.10. The quantitative estimate of drug-likeness (QED) is 0.747. The highest BCUT2D eigenvalue weighted by Crippen LogP contribution is 2.18. The predicted molar refractivity (Wildman–Crippen MR) is 54.6 cm³/mol. The molecule has 1 aromatic rings. The Morgan fingerprint density at radius 2 is 2.38 bits per heavy atom. The Hall–Kier alpha value is -0.760. The van der Waals surface area contributed by atoms with E-state index in [1.807, 2.05) is 0 Å². The first-order chi connectivity index (χ1) is 6.38. The Labute approximate surface area is 79.9 Å². The van der Waals surface area contributed by atoms with Crippen molar-refractivity contribution in [1.82, 2.24) is 9.88 Å². The van der Waals surface area contributed by atoms with E-state index in [2.05, 4.69) is 35.3 Å². The van der Waals surface area contributed by atoms with Crippen molar-refractivity contribution in [3.05, 3.63) is 24.0 Å². The minimum absolute atomic E-state index is 0.796. The van der Waals surface area contributed by atoms with Gasteiger partial charge in [-0.15, -0.1) is 0 Å². The van der Waals surface area contributed by atoms with Gasteiger partial charge in [-0.05, 0) is 31.4 Å². The number of nitrogens with zero attached hydrogens (tertiary/aromatic N) is 1. The first kappa shape index (κ1) is 8.82. The molecule has 2 heteroatoms. The predicted octanol–water partition coefficient (Wildman–Crippen LogP) is 2.15. The van der Waals surface area contributed by atoms with Crippen LogP contribution in [0.3, 0.4) is 0 Å². The lowest BCUT2D eigenvalue weighted by molar-refractivity contribution is 0.338. The van der Waals surface area contributed by atoms with Crippen molar-refractivity contribution in [3.8, 4) is 0 Å². The Bertz CT molecular complexity index is 261. The van der Waals surface area contributed by atoms with Gasteiger partial charge in [0.25, 0.3) is 0 Å². The standard InChI is InChI=1S/C11H18N2/c1-2-13-7-6-10(9-13)8-12-11-4-3-5-11/h6-7,9,11-12H,2-5,8H2,1H3. The molecular formula is C11H18N2. The lowest BCUT2D eigenvalue weighted by Crippen LogP contribution is -2.34. The zero-order valence-electron chi connectivity index (χ0n) is 8.29. The van der Waals surface area contributed by atoms with Crippen LogP contribution in [0.15, 0.2) is 18.5 Å². The molecule has 1 saturated carbocycles. The fraction of sp³-hybridized carbons (Fsp3) is 0.636. The molecule has 0 aromatic carbocycles. The van der Waals surface area contributed by atoms with E-state index in [0.29, 0.717) is 0 Å². The highest BCUT2D eigenvalue weighted by atomic mass is 15.0. The van der Waals surface area contributed by atoms with Gasteiger partial charge in [0.05, 0.1) is 0 Å². The van der Waals surface area contributed by atoms with Crippen molar-refractivity contribution in [2.45, 2.75) is 45.3 Å². The van der Waals surface area contributed by atoms with Crippen LogP contribution in [0.25, 0.3) is 0 Å². The summed E-state index contributed by atoms with van der Waals surface area (Å²) in [5, 5.41) is 3.56. The third-order valence-electron chi connectivity index (χ3n) is 2.88. The Morgan fingerprint density at radius 3 is 2.92 bits per heavy atom. The highest BCUT2D eigenvalue weighted by Gasteiger charge is 2.15. The Balaban J connectivity index is 1.79. The molecule has 0 spiro atoms. The molecule has 1 aromatic heterocycles. The summed E-state index contributed by atoms with van der Waals surface area (Å²) in [4.78, 5) is 0. The molecule has 0 radical (unpaired) electrons. The van der Waals surface area contributed by atoms with Crippen LogP contribution in [-0.4, -0.2) is 10.6 Å². The maximum atomic E-state index is 3.56. The molecule has 2 rings (SSSR count). The van der Waals surface area contributed by atoms with Crippen molar-refractivity contribution in [2.24, 2.45) is 0 Å². The second-order valence-corrected chi connectivity index (χ2v) is 3.86. The van der Waals surface area contributed by atoms with Gasteiger partial charge in [0, 0.05) is 31.5 Å². The number of aromatic nitrogens is 1. The highest BCUT2D eigenvalue weighted by molar-refractivity contribution is 5.10. The van der Waals surface area contributed by atoms with Gasteiger partial charge in [0.15, 0.2) is 0 Å². The second-order valence-electron chi connectivity index (χ2n) is 3.86. The van der Waals surface area contributed by atoms with Gasteiger partial charge in [-0.25, -0.2) is 0 Å². The molecule has 1 heterocycles. The van der Waals surface area contributed by atoms with Crippen molar-refractivity contribution in [2.75, 3.05) is 0 Å². The fourth-order valence-electron chi connectivity index (χ4n) is 1.67. The van der Waals surface area contributed by atoms with Crippen molar-refractivity contribution in [3.63, 3.8) is 0 Å². The largest absolute Gasteiger partial charge is 0.354 e. The average Bonchev–Trinajstić information content (AvgIpc) is 2.49. The summed E-state index contributed by atoms with van der Waals surface area (Å²) in [5.74, 6) is 0. The van der Waals surface area contributed by atoms with Gasteiger partial charge in [-0.2, -0.15) is 0 Å². The lowest BCUT2D eigenvalue weighted by Gasteiger charge is -2.26. The molecule has 1 N–H and O–H groups in total. The number of hydrogen-bond acceptors (Lipinski definition) is 1. The summed E-state index contributed by atoms with van der Waals surface area (Å²) >= 11 is 0. The molecule has 0 amide bonds. The molecule has 0 saturated heterocycles. The van der Waals surface area contributed by atoms with E-state index in [-0.39, 0.29) is 0 Å². The third-order valence-corrected chi connectivity index (χ3v) is 2.88. The summed E-state index contributed by atoms with van der Waals surface area (Å²) in [5.41, 5.74) is 1.41. The first-order valence-electron chi connectivity index (χ1n) is 5.26. The normalized spacial score (nSPS) is 17.3. The van der Waals surface area contributed by atoms with Crippen LogP contribution in [0.1, 0.15) is 31.7 Å². The van der Waals surface area contributed by atoms with Gasteiger partial charge in [0.1, 0.15) is 0 Å². The summed E-state index contributed by atoms with van der Waals surface area (Å²) < 4.78 is 2.22. The molecule has 1 aliphatic rings. The summed E-state index contributed by atoms with van der Waals surface area (Å²) in [6.45, 7) is 4.28. The van der Waals surface area contributed by atoms with E-state index in [9.17, 15) is 0 Å². The molecule has 1 aliphatic carbocycles. The second kappa shape index (κ2) is 3.97. The maximum absolute atomic E-state index is 3.56. The van der Waals surface area contributed by atoms with Crippen LogP contribution in [0.4, 0.5) is 0 Å². The van der Waals surface area contributed by atoms with Gasteiger partial charge >= 0.3 is 0 Å². The van der Waals surface area contributed by atoms with Crippen LogP contribution in [0, 0.1) is 0 Å². The number of nitrogens with one attached hydrogen (secondary N) is 1. The first-order valence-corrected chi connectivity index (χ1v) is 5.26. The number of hydrogen-bond donors (Lipinski definition) is 1. The van der Waals surface area contributed by atoms with Crippen LogP contribution in [-0.2, 0) is 13.1 Å². The lowest BCUT2D eigenvalue weighted by atomic mass is 9.93. The van der Waals surface area contributed by atoms with E-state index >= 15 is 0 Å².